The van der Waals surface area contributed by atoms with E-state index in [9.17, 15) is 9.90 Å². The number of β-amino-alcohol motifs (C(OH)–C–C–N with tert-alkyl or cyclic N) is 1. The number of hydrogen-bond acceptors (Lipinski definition) is 6. The Bertz CT molecular complexity index is 694. The summed E-state index contributed by atoms with van der Waals surface area (Å²) in [4.78, 5) is 22.0. The van der Waals surface area contributed by atoms with Crippen LogP contribution >= 0.6 is 0 Å². The summed E-state index contributed by atoms with van der Waals surface area (Å²) < 4.78 is 0. The van der Waals surface area contributed by atoms with E-state index >= 15 is 0 Å². The predicted octanol–water partition coefficient (Wildman–Crippen LogP) is 1.15. The zero-order valence-electron chi connectivity index (χ0n) is 13.5. The zero-order chi connectivity index (χ0) is 16.9. The van der Waals surface area contributed by atoms with Crippen LogP contribution in [0.4, 0.5) is 17.3 Å². The summed E-state index contributed by atoms with van der Waals surface area (Å²) in [6.07, 6.45) is 1.27. The minimum Gasteiger partial charge on any atom is -0.391 e. The second kappa shape index (κ2) is 7.27. The van der Waals surface area contributed by atoms with E-state index in [2.05, 4.69) is 20.6 Å². The van der Waals surface area contributed by atoms with Gasteiger partial charge in [0, 0.05) is 44.2 Å². The van der Waals surface area contributed by atoms with Crippen LogP contribution in [0.2, 0.25) is 0 Å². The Morgan fingerprint density at radius 2 is 2.08 bits per heavy atom. The summed E-state index contributed by atoms with van der Waals surface area (Å²) in [5.74, 6) is 1.28. The van der Waals surface area contributed by atoms with E-state index in [0.29, 0.717) is 25.3 Å². The average Bonchev–Trinajstić information content (AvgIpc) is 2.97. The first-order chi connectivity index (χ1) is 11.7. The molecule has 7 nitrogen and oxygen atoms in total. The quantitative estimate of drug-likeness (QED) is 0.763. The van der Waals surface area contributed by atoms with E-state index < -0.39 is 6.10 Å². The van der Waals surface area contributed by atoms with Crippen molar-refractivity contribution in [3.8, 4) is 0 Å². The number of para-hydroxylation sites is 1. The van der Waals surface area contributed by atoms with Crippen LogP contribution in [0.1, 0.15) is 6.42 Å². The van der Waals surface area contributed by atoms with Gasteiger partial charge >= 0.3 is 0 Å². The summed E-state index contributed by atoms with van der Waals surface area (Å²) >= 11 is 0. The van der Waals surface area contributed by atoms with Crippen LogP contribution in [-0.4, -0.2) is 47.2 Å². The second-order valence-electron chi connectivity index (χ2n) is 5.86. The van der Waals surface area contributed by atoms with Crippen molar-refractivity contribution in [1.29, 1.82) is 0 Å². The van der Waals surface area contributed by atoms with Gasteiger partial charge in [0.15, 0.2) is 0 Å². The highest BCUT2D eigenvalue weighted by Gasteiger charge is 2.33. The summed E-state index contributed by atoms with van der Waals surface area (Å²) in [6.45, 7) is 1.06. The van der Waals surface area contributed by atoms with Crippen molar-refractivity contribution in [3.63, 3.8) is 0 Å². The van der Waals surface area contributed by atoms with E-state index in [1.807, 2.05) is 41.3 Å². The lowest BCUT2D eigenvalue weighted by Gasteiger charge is -2.17. The van der Waals surface area contributed by atoms with Gasteiger partial charge in [-0.05, 0) is 12.1 Å². The van der Waals surface area contributed by atoms with Crippen molar-refractivity contribution >= 4 is 23.2 Å². The SMILES string of the molecule is CNC(=O)C[C@@H]1CN(c2cc(Nc3ccccc3)ncn2)C[C@H]1O. The highest BCUT2D eigenvalue weighted by molar-refractivity contribution is 5.76. The average molecular weight is 327 g/mol. The monoisotopic (exact) mass is 327 g/mol. The van der Waals surface area contributed by atoms with Crippen molar-refractivity contribution in [2.24, 2.45) is 5.92 Å². The zero-order valence-corrected chi connectivity index (χ0v) is 13.5. The van der Waals surface area contributed by atoms with E-state index in [-0.39, 0.29) is 11.8 Å². The van der Waals surface area contributed by atoms with Crippen LogP contribution < -0.4 is 15.5 Å². The third-order valence-electron chi connectivity index (χ3n) is 4.16. The Kier molecular flexibility index (Phi) is 4.90. The minimum atomic E-state index is -0.539. The number of carbonyl (C=O) groups is 1. The molecular formula is C17H21N5O2. The summed E-state index contributed by atoms with van der Waals surface area (Å²) in [6, 6.07) is 11.6. The molecule has 1 aromatic carbocycles. The Hall–Kier alpha value is -2.67. The molecule has 1 amide bonds. The molecule has 3 rings (SSSR count). The molecule has 1 aliphatic heterocycles. The lowest BCUT2D eigenvalue weighted by Crippen LogP contribution is -2.27. The molecule has 1 aliphatic rings. The molecule has 24 heavy (non-hydrogen) atoms. The van der Waals surface area contributed by atoms with Gasteiger partial charge in [0.25, 0.3) is 0 Å². The number of nitrogens with one attached hydrogen (secondary N) is 2. The van der Waals surface area contributed by atoms with Gasteiger partial charge in [-0.25, -0.2) is 9.97 Å². The fourth-order valence-electron chi connectivity index (χ4n) is 2.84. The van der Waals surface area contributed by atoms with Gasteiger partial charge in [-0.15, -0.1) is 0 Å². The molecule has 2 atom stereocenters. The smallest absolute Gasteiger partial charge is 0.220 e. The maximum atomic E-state index is 11.5. The van der Waals surface area contributed by atoms with Gasteiger partial charge in [-0.1, -0.05) is 18.2 Å². The maximum Gasteiger partial charge on any atom is 0.220 e. The van der Waals surface area contributed by atoms with Crippen LogP contribution in [-0.2, 0) is 4.79 Å². The number of hydrogen-bond donors (Lipinski definition) is 3. The number of rotatable bonds is 5. The number of benzene rings is 1. The van der Waals surface area contributed by atoms with Gasteiger partial charge in [-0.2, -0.15) is 0 Å². The first-order valence-electron chi connectivity index (χ1n) is 7.93. The first-order valence-corrected chi connectivity index (χ1v) is 7.93. The molecule has 0 bridgehead atoms. The molecular weight excluding hydrogens is 306 g/mol. The van der Waals surface area contributed by atoms with Gasteiger partial charge in [-0.3, -0.25) is 4.79 Å². The molecule has 0 saturated carbocycles. The van der Waals surface area contributed by atoms with Crippen molar-refractivity contribution < 1.29 is 9.90 Å². The largest absolute Gasteiger partial charge is 0.391 e. The van der Waals surface area contributed by atoms with Crippen molar-refractivity contribution in [3.05, 3.63) is 42.7 Å². The first kappa shape index (κ1) is 16.2. The maximum absolute atomic E-state index is 11.5. The molecule has 0 spiro atoms. The highest BCUT2D eigenvalue weighted by Crippen LogP contribution is 2.26. The Morgan fingerprint density at radius 1 is 1.29 bits per heavy atom. The topological polar surface area (TPSA) is 90.4 Å². The summed E-state index contributed by atoms with van der Waals surface area (Å²) in [7, 11) is 1.60. The molecule has 3 N–H and O–H groups in total. The highest BCUT2D eigenvalue weighted by atomic mass is 16.3. The minimum absolute atomic E-state index is 0.0602. The molecule has 1 saturated heterocycles. The standard InChI is InChI=1S/C17H21N5O2/c1-18-17(24)7-12-9-22(10-14(12)23)16-8-15(19-11-20-16)21-13-5-3-2-4-6-13/h2-6,8,11-12,14,23H,7,9-10H2,1H3,(H,18,24)(H,19,20,21)/t12-,14-/m1/s1. The van der Waals surface area contributed by atoms with Gasteiger partial charge < -0.3 is 20.6 Å². The Morgan fingerprint density at radius 3 is 2.83 bits per heavy atom. The second-order valence-corrected chi connectivity index (χ2v) is 5.86. The Balaban J connectivity index is 1.69. The molecule has 1 aromatic heterocycles. The molecule has 0 radical (unpaired) electrons. The van der Waals surface area contributed by atoms with Crippen LogP contribution in [0.15, 0.2) is 42.7 Å². The number of amides is 1. The normalized spacial score (nSPS) is 20.0. The lowest BCUT2D eigenvalue weighted by molar-refractivity contribution is -0.122. The number of aliphatic hydroxyl groups is 1. The molecule has 0 aliphatic carbocycles. The number of aromatic nitrogens is 2. The lowest BCUT2D eigenvalue weighted by atomic mass is 10.0. The van der Waals surface area contributed by atoms with Crippen LogP contribution in [0.25, 0.3) is 0 Å². The predicted molar refractivity (Wildman–Crippen MR) is 92.2 cm³/mol. The fraction of sp³-hybridized carbons (Fsp3) is 0.353. The molecule has 2 heterocycles. The molecule has 2 aromatic rings. The van der Waals surface area contributed by atoms with Gasteiger partial charge in [0.2, 0.25) is 5.91 Å². The van der Waals surface area contributed by atoms with Gasteiger partial charge in [0.1, 0.15) is 18.0 Å². The van der Waals surface area contributed by atoms with Crippen LogP contribution in [0.5, 0.6) is 0 Å². The van der Waals surface area contributed by atoms with Crippen molar-refractivity contribution in [1.82, 2.24) is 15.3 Å². The van der Waals surface area contributed by atoms with Crippen molar-refractivity contribution in [2.75, 3.05) is 30.4 Å². The van der Waals surface area contributed by atoms with E-state index in [4.69, 9.17) is 0 Å². The van der Waals surface area contributed by atoms with Crippen molar-refractivity contribution in [2.45, 2.75) is 12.5 Å². The van der Waals surface area contributed by atoms with Crippen LogP contribution in [0.3, 0.4) is 0 Å². The summed E-state index contributed by atoms with van der Waals surface area (Å²) in [5, 5.41) is 16.0. The number of anilines is 3. The third kappa shape index (κ3) is 3.80. The molecule has 126 valence electrons. The van der Waals surface area contributed by atoms with Crippen LogP contribution in [0, 0.1) is 5.92 Å². The van der Waals surface area contributed by atoms with E-state index in [1.54, 1.807) is 7.05 Å². The number of nitrogens with zero attached hydrogens (tertiary/aromatic N) is 3. The number of carbonyl (C=O) groups excluding carboxylic acids is 1. The Labute approximate surface area is 140 Å². The van der Waals surface area contributed by atoms with E-state index in [0.717, 1.165) is 11.5 Å². The van der Waals surface area contributed by atoms with Gasteiger partial charge in [0.05, 0.1) is 6.10 Å². The number of aliphatic hydroxyl groups excluding tert-OH is 1. The molecule has 0 unspecified atom stereocenters. The third-order valence-corrected chi connectivity index (χ3v) is 4.16. The summed E-state index contributed by atoms with van der Waals surface area (Å²) in [5.41, 5.74) is 0.945. The fourth-order valence-corrected chi connectivity index (χ4v) is 2.84. The molecule has 7 heteroatoms. The molecule has 1 fully saturated rings. The van der Waals surface area contributed by atoms with E-state index in [1.165, 1.54) is 6.33 Å².